The molecular formula is C18H13N3O3S. The van der Waals surface area contributed by atoms with E-state index in [4.69, 9.17) is 0 Å². The molecule has 0 saturated heterocycles. The smallest absolute Gasteiger partial charge is 0.269 e. The predicted molar refractivity (Wildman–Crippen MR) is 98.5 cm³/mol. The van der Waals surface area contributed by atoms with Gasteiger partial charge in [-0.1, -0.05) is 24.3 Å². The molecule has 0 aliphatic carbocycles. The number of hydrogen-bond acceptors (Lipinski definition) is 5. The molecule has 3 rings (SSSR count). The van der Waals surface area contributed by atoms with E-state index in [0.717, 1.165) is 5.56 Å². The van der Waals surface area contributed by atoms with Gasteiger partial charge in [-0.2, -0.15) is 0 Å². The lowest BCUT2D eigenvalue weighted by Crippen LogP contribution is -2.11. The van der Waals surface area contributed by atoms with Gasteiger partial charge in [-0.3, -0.25) is 20.2 Å². The Bertz CT molecular complexity index is 918. The van der Waals surface area contributed by atoms with E-state index in [9.17, 15) is 14.9 Å². The topological polar surface area (TPSA) is 85.1 Å². The lowest BCUT2D eigenvalue weighted by Gasteiger charge is -2.00. The first-order valence-electron chi connectivity index (χ1n) is 7.36. The highest BCUT2D eigenvalue weighted by atomic mass is 32.1. The molecule has 25 heavy (non-hydrogen) atoms. The van der Waals surface area contributed by atoms with E-state index in [-0.39, 0.29) is 11.6 Å². The van der Waals surface area contributed by atoms with Gasteiger partial charge in [0, 0.05) is 23.1 Å². The molecule has 0 spiro atoms. The van der Waals surface area contributed by atoms with E-state index >= 15 is 0 Å². The first-order chi connectivity index (χ1) is 12.1. The average molecular weight is 351 g/mol. The Morgan fingerprint density at radius 1 is 1.08 bits per heavy atom. The molecule has 6 nitrogen and oxygen atoms in total. The fraction of sp³-hybridized carbons (Fsp3) is 0. The van der Waals surface area contributed by atoms with Crippen LogP contribution >= 0.6 is 11.3 Å². The van der Waals surface area contributed by atoms with Crippen LogP contribution in [0.2, 0.25) is 0 Å². The van der Waals surface area contributed by atoms with E-state index in [2.05, 4.69) is 10.3 Å². The van der Waals surface area contributed by atoms with Gasteiger partial charge in [0.2, 0.25) is 0 Å². The molecule has 124 valence electrons. The SMILES string of the molecule is O=C(Nc1nc(C=Cc2ccc([N+](=O)[O-])cc2)cs1)c1ccccc1. The Balaban J connectivity index is 1.65. The average Bonchev–Trinajstić information content (AvgIpc) is 3.08. The Kier molecular flexibility index (Phi) is 4.96. The lowest BCUT2D eigenvalue weighted by molar-refractivity contribution is -0.384. The molecule has 0 fully saturated rings. The summed E-state index contributed by atoms with van der Waals surface area (Å²) in [6.45, 7) is 0. The molecule has 3 aromatic rings. The number of anilines is 1. The van der Waals surface area contributed by atoms with Crippen molar-refractivity contribution < 1.29 is 9.72 Å². The maximum atomic E-state index is 12.1. The zero-order valence-corrected chi connectivity index (χ0v) is 13.8. The van der Waals surface area contributed by atoms with Gasteiger partial charge in [-0.25, -0.2) is 4.98 Å². The molecule has 2 aromatic carbocycles. The second-order valence-corrected chi connectivity index (χ2v) is 5.94. The van der Waals surface area contributed by atoms with Gasteiger partial charge in [0.1, 0.15) is 0 Å². The molecule has 1 N–H and O–H groups in total. The minimum absolute atomic E-state index is 0.0525. The van der Waals surface area contributed by atoms with Crippen LogP contribution in [0, 0.1) is 10.1 Å². The maximum absolute atomic E-state index is 12.1. The Labute approximate surface area is 147 Å². The van der Waals surface area contributed by atoms with Crippen LogP contribution in [0.3, 0.4) is 0 Å². The first-order valence-corrected chi connectivity index (χ1v) is 8.24. The number of nitrogens with zero attached hydrogens (tertiary/aromatic N) is 2. The van der Waals surface area contributed by atoms with Gasteiger partial charge < -0.3 is 0 Å². The zero-order valence-electron chi connectivity index (χ0n) is 13.0. The number of nitrogens with one attached hydrogen (secondary N) is 1. The molecule has 0 saturated carbocycles. The number of rotatable bonds is 5. The van der Waals surface area contributed by atoms with E-state index in [1.54, 1.807) is 42.5 Å². The van der Waals surface area contributed by atoms with E-state index < -0.39 is 4.92 Å². The van der Waals surface area contributed by atoms with Crippen molar-refractivity contribution in [3.8, 4) is 0 Å². The van der Waals surface area contributed by atoms with Gasteiger partial charge >= 0.3 is 0 Å². The number of hydrogen-bond donors (Lipinski definition) is 1. The number of aromatic nitrogens is 1. The molecule has 0 atom stereocenters. The van der Waals surface area contributed by atoms with Gasteiger partial charge in [0.25, 0.3) is 11.6 Å². The van der Waals surface area contributed by atoms with Crippen molar-refractivity contribution in [2.45, 2.75) is 0 Å². The summed E-state index contributed by atoms with van der Waals surface area (Å²) in [5.74, 6) is -0.208. The third-order valence-electron chi connectivity index (χ3n) is 3.33. The third kappa shape index (κ3) is 4.36. The highest BCUT2D eigenvalue weighted by Gasteiger charge is 2.07. The predicted octanol–water partition coefficient (Wildman–Crippen LogP) is 4.47. The lowest BCUT2D eigenvalue weighted by atomic mass is 10.2. The standard InChI is InChI=1S/C18H13N3O3S/c22-17(14-4-2-1-3-5-14)20-18-19-15(12-25-18)9-6-13-7-10-16(11-8-13)21(23)24/h1-12H,(H,19,20,22). The summed E-state index contributed by atoms with van der Waals surface area (Å²) >= 11 is 1.33. The van der Waals surface area contributed by atoms with E-state index in [0.29, 0.717) is 16.4 Å². The Morgan fingerprint density at radius 2 is 1.80 bits per heavy atom. The van der Waals surface area contributed by atoms with E-state index in [1.165, 1.54) is 23.5 Å². The summed E-state index contributed by atoms with van der Waals surface area (Å²) in [5, 5.41) is 15.7. The van der Waals surface area contributed by atoms with Crippen LogP contribution in [0.15, 0.2) is 60.0 Å². The Hall–Kier alpha value is -3.32. The maximum Gasteiger partial charge on any atom is 0.269 e. The van der Waals surface area contributed by atoms with Crippen LogP contribution in [0.1, 0.15) is 21.6 Å². The van der Waals surface area contributed by atoms with Crippen molar-refractivity contribution in [1.82, 2.24) is 4.98 Å². The van der Waals surface area contributed by atoms with Crippen molar-refractivity contribution in [2.24, 2.45) is 0 Å². The van der Waals surface area contributed by atoms with Gasteiger partial charge in [-0.15, -0.1) is 11.3 Å². The van der Waals surface area contributed by atoms with Crippen LogP contribution in [0.25, 0.3) is 12.2 Å². The van der Waals surface area contributed by atoms with Crippen molar-refractivity contribution in [2.75, 3.05) is 5.32 Å². The minimum atomic E-state index is -0.435. The molecule has 1 amide bonds. The molecule has 0 aliphatic heterocycles. The van der Waals surface area contributed by atoms with Crippen LogP contribution in [-0.2, 0) is 0 Å². The molecule has 0 unspecified atom stereocenters. The second kappa shape index (κ2) is 7.50. The third-order valence-corrected chi connectivity index (χ3v) is 4.10. The van der Waals surface area contributed by atoms with Crippen LogP contribution < -0.4 is 5.32 Å². The monoisotopic (exact) mass is 351 g/mol. The van der Waals surface area contributed by atoms with Gasteiger partial charge in [0.15, 0.2) is 5.13 Å². The largest absolute Gasteiger partial charge is 0.298 e. The van der Waals surface area contributed by atoms with Crippen LogP contribution in [0.4, 0.5) is 10.8 Å². The summed E-state index contributed by atoms with van der Waals surface area (Å²) in [5.41, 5.74) is 2.15. The number of nitro groups is 1. The molecule has 0 bridgehead atoms. The molecular weight excluding hydrogens is 338 g/mol. The number of non-ortho nitro benzene ring substituents is 1. The van der Waals surface area contributed by atoms with E-state index in [1.807, 2.05) is 17.5 Å². The first kappa shape index (κ1) is 16.5. The second-order valence-electron chi connectivity index (χ2n) is 5.08. The fourth-order valence-electron chi connectivity index (χ4n) is 2.07. The molecule has 1 aromatic heterocycles. The summed E-state index contributed by atoms with van der Waals surface area (Å²) in [4.78, 5) is 26.6. The quantitative estimate of drug-likeness (QED) is 0.543. The number of thiazole rings is 1. The fourth-order valence-corrected chi connectivity index (χ4v) is 2.74. The summed E-state index contributed by atoms with van der Waals surface area (Å²) < 4.78 is 0. The highest BCUT2D eigenvalue weighted by Crippen LogP contribution is 2.19. The number of nitro benzene ring substituents is 1. The van der Waals surface area contributed by atoms with Crippen molar-refractivity contribution in [3.63, 3.8) is 0 Å². The number of benzene rings is 2. The molecule has 0 aliphatic rings. The van der Waals surface area contributed by atoms with Gasteiger partial charge in [-0.05, 0) is 35.9 Å². The van der Waals surface area contributed by atoms with Crippen LogP contribution in [-0.4, -0.2) is 15.8 Å². The zero-order chi connectivity index (χ0) is 17.6. The number of amides is 1. The van der Waals surface area contributed by atoms with Gasteiger partial charge in [0.05, 0.1) is 10.6 Å². The number of carbonyl (C=O) groups excluding carboxylic acids is 1. The van der Waals surface area contributed by atoms with Crippen LogP contribution in [0.5, 0.6) is 0 Å². The summed E-state index contributed by atoms with van der Waals surface area (Å²) in [6.07, 6.45) is 3.59. The number of carbonyl (C=O) groups is 1. The molecule has 1 heterocycles. The summed E-state index contributed by atoms with van der Waals surface area (Å²) in [7, 11) is 0. The Morgan fingerprint density at radius 3 is 2.48 bits per heavy atom. The van der Waals surface area contributed by atoms with Crippen molar-refractivity contribution >= 4 is 40.2 Å². The normalized spacial score (nSPS) is 10.7. The highest BCUT2D eigenvalue weighted by molar-refractivity contribution is 7.14. The van der Waals surface area contributed by atoms with Crippen molar-refractivity contribution in [1.29, 1.82) is 0 Å². The summed E-state index contributed by atoms with van der Waals surface area (Å²) in [6, 6.07) is 15.2. The molecule has 7 heteroatoms. The van der Waals surface area contributed by atoms with Crippen molar-refractivity contribution in [3.05, 3.63) is 86.9 Å². The molecule has 0 radical (unpaired) electrons. The minimum Gasteiger partial charge on any atom is -0.298 e.